The number of phenols is 2. The third-order valence-corrected chi connectivity index (χ3v) is 12.0. The molecule has 0 unspecified atom stereocenters. The minimum atomic E-state index is -1.73. The van der Waals surface area contributed by atoms with E-state index in [2.05, 4.69) is 91.0 Å². The number of unbranched alkanes of at least 4 members (excludes halogenated alkanes) is 7. The highest BCUT2D eigenvalue weighted by Crippen LogP contribution is 2.56. The summed E-state index contributed by atoms with van der Waals surface area (Å²) in [6, 6.07) is 37.6. The number of carbonyl (C=O) groups is 1. The number of hydrogen-bond acceptors (Lipinski definition) is 4. The Kier molecular flexibility index (Phi) is 11.2. The Morgan fingerprint density at radius 3 is 1.50 bits per heavy atom. The molecule has 2 N–H and O–H groups in total. The highest BCUT2D eigenvalue weighted by Gasteiger charge is 2.44. The standard InChI is InChI=1S/C35H39O4P/c36-33-26-18-25-32(34(33)37)35(38)39-27-16-5-3-1-2-4-6-17-28-40(29-19-10-7-11-20-29,30-21-12-8-13-22-30)31-23-14-9-15-24-31/h7-15,18-26H,1-6,16-17,27-28H2,(H-,36,37,38)/p+1. The summed E-state index contributed by atoms with van der Waals surface area (Å²) in [5.74, 6) is -1.35. The van der Waals surface area contributed by atoms with E-state index in [-0.39, 0.29) is 11.3 Å². The van der Waals surface area contributed by atoms with Crippen molar-refractivity contribution < 1.29 is 19.7 Å². The van der Waals surface area contributed by atoms with Crippen molar-refractivity contribution in [3.8, 4) is 11.5 Å². The molecule has 0 spiro atoms. The molecule has 4 aromatic rings. The lowest BCUT2D eigenvalue weighted by atomic mass is 10.1. The second-order valence-electron chi connectivity index (χ2n) is 10.2. The molecule has 208 valence electrons. The van der Waals surface area contributed by atoms with E-state index in [4.69, 9.17) is 4.74 Å². The summed E-state index contributed by atoms with van der Waals surface area (Å²) < 4.78 is 5.26. The van der Waals surface area contributed by atoms with E-state index in [1.807, 2.05) is 0 Å². The molecule has 0 aliphatic rings. The SMILES string of the molecule is O=C(OCCCCCCCCCC[P+](c1ccccc1)(c1ccccc1)c1ccccc1)c1cccc(O)c1O. The van der Waals surface area contributed by atoms with Gasteiger partial charge in [0.05, 0.1) is 12.8 Å². The first kappa shape index (κ1) is 29.4. The lowest BCUT2D eigenvalue weighted by Gasteiger charge is -2.27. The largest absolute Gasteiger partial charge is 0.504 e. The molecule has 4 nitrogen and oxygen atoms in total. The van der Waals surface area contributed by atoms with Crippen LogP contribution >= 0.6 is 7.26 Å². The fraction of sp³-hybridized carbons (Fsp3) is 0.286. The molecular weight excluding hydrogens is 515 g/mol. The Bertz CT molecular complexity index is 1210. The molecule has 0 saturated carbocycles. The summed E-state index contributed by atoms with van der Waals surface area (Å²) in [6.07, 6.45) is 10.1. The van der Waals surface area contributed by atoms with E-state index in [9.17, 15) is 15.0 Å². The number of hydrogen-bond donors (Lipinski definition) is 2. The fourth-order valence-electron chi connectivity index (χ4n) is 5.33. The Morgan fingerprint density at radius 2 is 1.00 bits per heavy atom. The summed E-state index contributed by atoms with van der Waals surface area (Å²) in [7, 11) is -1.73. The molecule has 0 aliphatic heterocycles. The van der Waals surface area contributed by atoms with E-state index in [0.717, 1.165) is 19.3 Å². The van der Waals surface area contributed by atoms with Crippen molar-refractivity contribution in [3.05, 3.63) is 115 Å². The highest BCUT2D eigenvalue weighted by atomic mass is 31.2. The van der Waals surface area contributed by atoms with E-state index in [1.165, 1.54) is 72.4 Å². The molecule has 0 aliphatic carbocycles. The summed E-state index contributed by atoms with van der Waals surface area (Å²) in [5, 5.41) is 23.7. The Labute approximate surface area is 239 Å². The molecule has 0 amide bonds. The van der Waals surface area contributed by atoms with Gasteiger partial charge in [-0.1, -0.05) is 92.8 Å². The molecular formula is C35H40O4P+. The van der Waals surface area contributed by atoms with Gasteiger partial charge in [0.2, 0.25) is 0 Å². The molecule has 4 aromatic carbocycles. The monoisotopic (exact) mass is 555 g/mol. The number of para-hydroxylation sites is 1. The summed E-state index contributed by atoms with van der Waals surface area (Å²) in [6.45, 7) is 0.318. The van der Waals surface area contributed by atoms with Crippen molar-refractivity contribution in [1.29, 1.82) is 0 Å². The normalized spacial score (nSPS) is 11.3. The van der Waals surface area contributed by atoms with Gasteiger partial charge in [-0.05, 0) is 67.8 Å². The molecule has 0 saturated heterocycles. The first-order valence-electron chi connectivity index (χ1n) is 14.4. The first-order chi connectivity index (χ1) is 19.6. The molecule has 5 heteroatoms. The van der Waals surface area contributed by atoms with Crippen LogP contribution in [0.1, 0.15) is 61.7 Å². The first-order valence-corrected chi connectivity index (χ1v) is 16.3. The van der Waals surface area contributed by atoms with Crippen LogP contribution in [0.3, 0.4) is 0 Å². The molecule has 0 atom stereocenters. The van der Waals surface area contributed by atoms with Crippen LogP contribution in [0.25, 0.3) is 0 Å². The van der Waals surface area contributed by atoms with E-state index >= 15 is 0 Å². The fourth-order valence-corrected chi connectivity index (χ4v) is 9.74. The Balaban J connectivity index is 1.22. The average molecular weight is 556 g/mol. The van der Waals surface area contributed by atoms with Crippen LogP contribution in [0.2, 0.25) is 0 Å². The zero-order valence-electron chi connectivity index (χ0n) is 23.1. The zero-order chi connectivity index (χ0) is 28.0. The molecule has 0 bridgehead atoms. The van der Waals surface area contributed by atoms with Crippen LogP contribution in [0.4, 0.5) is 0 Å². The number of phenolic OH excluding ortho intramolecular Hbond substituents is 2. The van der Waals surface area contributed by atoms with Gasteiger partial charge < -0.3 is 14.9 Å². The van der Waals surface area contributed by atoms with Crippen LogP contribution in [-0.2, 0) is 4.74 Å². The number of carbonyl (C=O) groups excluding carboxylic acids is 1. The highest BCUT2D eigenvalue weighted by molar-refractivity contribution is 7.95. The van der Waals surface area contributed by atoms with Gasteiger partial charge >= 0.3 is 5.97 Å². The minimum absolute atomic E-state index is 0.00161. The number of ether oxygens (including phenoxy) is 1. The molecule has 0 heterocycles. The molecule has 40 heavy (non-hydrogen) atoms. The van der Waals surface area contributed by atoms with Crippen LogP contribution in [0.5, 0.6) is 11.5 Å². The number of rotatable bonds is 15. The van der Waals surface area contributed by atoms with Gasteiger partial charge in [0.15, 0.2) is 11.5 Å². The zero-order valence-corrected chi connectivity index (χ0v) is 24.0. The maximum absolute atomic E-state index is 12.1. The predicted molar refractivity (Wildman–Crippen MR) is 167 cm³/mol. The van der Waals surface area contributed by atoms with Crippen LogP contribution < -0.4 is 15.9 Å². The van der Waals surface area contributed by atoms with Crippen LogP contribution in [-0.4, -0.2) is 29.0 Å². The summed E-state index contributed by atoms with van der Waals surface area (Å²) in [5.41, 5.74) is -0.00161. The smallest absolute Gasteiger partial charge is 0.342 e. The van der Waals surface area contributed by atoms with Crippen molar-refractivity contribution in [2.75, 3.05) is 12.8 Å². The van der Waals surface area contributed by atoms with Crippen molar-refractivity contribution >= 4 is 29.1 Å². The van der Waals surface area contributed by atoms with Gasteiger partial charge in [-0.25, -0.2) is 4.79 Å². The Morgan fingerprint density at radius 1 is 0.550 bits per heavy atom. The number of benzene rings is 4. The van der Waals surface area contributed by atoms with Gasteiger partial charge in [0.1, 0.15) is 28.7 Å². The summed E-state index contributed by atoms with van der Waals surface area (Å²) >= 11 is 0. The molecule has 0 fully saturated rings. The second kappa shape index (κ2) is 15.2. The molecule has 0 radical (unpaired) electrons. The second-order valence-corrected chi connectivity index (χ2v) is 13.8. The van der Waals surface area contributed by atoms with Gasteiger partial charge in [-0.2, -0.15) is 0 Å². The third kappa shape index (κ3) is 7.52. The molecule has 0 aromatic heterocycles. The van der Waals surface area contributed by atoms with Crippen molar-refractivity contribution in [2.45, 2.75) is 51.4 Å². The third-order valence-electron chi connectivity index (χ3n) is 7.45. The average Bonchev–Trinajstić information content (AvgIpc) is 3.00. The predicted octanol–water partition coefficient (Wildman–Crippen LogP) is 7.37. The van der Waals surface area contributed by atoms with Gasteiger partial charge in [0, 0.05) is 0 Å². The topological polar surface area (TPSA) is 66.8 Å². The maximum Gasteiger partial charge on any atom is 0.342 e. The maximum atomic E-state index is 12.1. The van der Waals surface area contributed by atoms with Gasteiger partial charge in [-0.15, -0.1) is 0 Å². The van der Waals surface area contributed by atoms with Gasteiger partial charge in [0.25, 0.3) is 0 Å². The van der Waals surface area contributed by atoms with Crippen molar-refractivity contribution in [3.63, 3.8) is 0 Å². The van der Waals surface area contributed by atoms with Gasteiger partial charge in [-0.3, -0.25) is 0 Å². The number of esters is 1. The Hall–Kier alpha value is -3.62. The summed E-state index contributed by atoms with van der Waals surface area (Å²) in [4.78, 5) is 12.1. The van der Waals surface area contributed by atoms with E-state index < -0.39 is 19.0 Å². The van der Waals surface area contributed by atoms with Crippen molar-refractivity contribution in [1.82, 2.24) is 0 Å². The molecule has 4 rings (SSSR count). The minimum Gasteiger partial charge on any atom is -0.504 e. The van der Waals surface area contributed by atoms with Crippen LogP contribution in [0, 0.1) is 0 Å². The lowest BCUT2D eigenvalue weighted by molar-refractivity contribution is 0.0493. The van der Waals surface area contributed by atoms with Crippen LogP contribution in [0.15, 0.2) is 109 Å². The van der Waals surface area contributed by atoms with E-state index in [1.54, 1.807) is 0 Å². The van der Waals surface area contributed by atoms with Crippen molar-refractivity contribution in [2.24, 2.45) is 0 Å². The number of aromatic hydroxyl groups is 2. The quantitative estimate of drug-likeness (QED) is 0.0696. The van der Waals surface area contributed by atoms with E-state index in [0.29, 0.717) is 6.61 Å². The lowest BCUT2D eigenvalue weighted by Crippen LogP contribution is -2.33.